The quantitative estimate of drug-likeness (QED) is 0.477. The molecule has 0 aliphatic heterocycles. The number of aryl methyl sites for hydroxylation is 2. The first-order chi connectivity index (χ1) is 11.5. The molecule has 1 N–H and O–H groups in total. The normalized spacial score (nSPS) is 12.0. The van der Waals surface area contributed by atoms with Crippen LogP contribution in [0.4, 0.5) is 0 Å². The Labute approximate surface area is 145 Å². The molecule has 0 heterocycles. The average molecular weight is 349 g/mol. The second-order valence-electron chi connectivity index (χ2n) is 6.53. The summed E-state index contributed by atoms with van der Waals surface area (Å²) < 4.78 is 32.7. The van der Waals surface area contributed by atoms with Crippen LogP contribution < -0.4 is 0 Å². The minimum absolute atomic E-state index is 0.00667. The molecule has 0 aliphatic carbocycles. The molecular weight excluding hydrogens is 320 g/mol. The van der Waals surface area contributed by atoms with Gasteiger partial charge in [-0.15, -0.1) is 0 Å². The fourth-order valence-electron chi connectivity index (χ4n) is 3.12. The van der Waals surface area contributed by atoms with Gasteiger partial charge in [0.25, 0.3) is 10.1 Å². The highest BCUT2D eigenvalue weighted by Crippen LogP contribution is 2.27. The van der Waals surface area contributed by atoms with E-state index in [0.717, 1.165) is 54.9 Å². The van der Waals surface area contributed by atoms with Gasteiger partial charge in [-0.3, -0.25) is 4.55 Å². The van der Waals surface area contributed by atoms with Gasteiger partial charge in [-0.2, -0.15) is 8.42 Å². The molecule has 2 rings (SSSR count). The van der Waals surface area contributed by atoms with Crippen molar-refractivity contribution in [2.75, 3.05) is 0 Å². The van der Waals surface area contributed by atoms with Crippen LogP contribution >= 0.6 is 0 Å². The summed E-state index contributed by atoms with van der Waals surface area (Å²) >= 11 is 0. The summed E-state index contributed by atoms with van der Waals surface area (Å²) in [6.45, 7) is 4.33. The van der Waals surface area contributed by atoms with E-state index in [9.17, 15) is 13.0 Å². The van der Waals surface area contributed by atoms with E-state index < -0.39 is 10.1 Å². The third-order valence-electron chi connectivity index (χ3n) is 4.49. The van der Waals surface area contributed by atoms with Gasteiger partial charge in [-0.1, -0.05) is 57.7 Å². The minimum Gasteiger partial charge on any atom is -0.282 e. The number of rotatable bonds is 9. The first kappa shape index (κ1) is 18.9. The van der Waals surface area contributed by atoms with E-state index in [4.69, 9.17) is 0 Å². The maximum Gasteiger partial charge on any atom is 0.294 e. The average Bonchev–Trinajstić information content (AvgIpc) is 2.54. The van der Waals surface area contributed by atoms with E-state index >= 15 is 0 Å². The highest BCUT2D eigenvalue weighted by atomic mass is 32.2. The predicted octanol–water partition coefficient (Wildman–Crippen LogP) is 5.55. The van der Waals surface area contributed by atoms with Crippen LogP contribution in [0.2, 0.25) is 0 Å². The molecule has 3 nitrogen and oxygen atoms in total. The van der Waals surface area contributed by atoms with Crippen molar-refractivity contribution < 1.29 is 13.0 Å². The van der Waals surface area contributed by atoms with E-state index in [1.807, 2.05) is 0 Å². The summed E-state index contributed by atoms with van der Waals surface area (Å²) in [7, 11) is -4.18. The van der Waals surface area contributed by atoms with Crippen LogP contribution in [0.25, 0.3) is 10.8 Å². The Balaban J connectivity index is 2.42. The van der Waals surface area contributed by atoms with Crippen molar-refractivity contribution in [2.24, 2.45) is 0 Å². The summed E-state index contributed by atoms with van der Waals surface area (Å²) in [6.07, 6.45) is 8.63. The first-order valence-electron chi connectivity index (χ1n) is 8.98. The van der Waals surface area contributed by atoms with Crippen LogP contribution in [0, 0.1) is 0 Å². The highest BCUT2D eigenvalue weighted by molar-refractivity contribution is 7.85. The highest BCUT2D eigenvalue weighted by Gasteiger charge is 2.13. The van der Waals surface area contributed by atoms with Crippen LogP contribution in [0.1, 0.15) is 63.5 Å². The fourth-order valence-corrected chi connectivity index (χ4v) is 3.69. The maximum atomic E-state index is 11.6. The van der Waals surface area contributed by atoms with E-state index in [0.29, 0.717) is 0 Å². The molecule has 0 fully saturated rings. The third kappa shape index (κ3) is 5.05. The molecule has 0 aliphatic rings. The lowest BCUT2D eigenvalue weighted by molar-refractivity contribution is 0.483. The molecule has 0 saturated carbocycles. The van der Waals surface area contributed by atoms with Crippen molar-refractivity contribution >= 4 is 20.9 Å². The number of unbranched alkanes of at least 4 members (excludes halogenated alkanes) is 4. The van der Waals surface area contributed by atoms with Crippen molar-refractivity contribution in [3.05, 3.63) is 41.5 Å². The largest absolute Gasteiger partial charge is 0.294 e. The van der Waals surface area contributed by atoms with Gasteiger partial charge in [0.2, 0.25) is 0 Å². The molecule has 0 bridgehead atoms. The van der Waals surface area contributed by atoms with Crippen molar-refractivity contribution in [3.8, 4) is 0 Å². The van der Waals surface area contributed by atoms with Gasteiger partial charge in [-0.25, -0.2) is 0 Å². The molecule has 0 radical (unpaired) electrons. The summed E-state index contributed by atoms with van der Waals surface area (Å²) in [5, 5.41) is 2.00. The molecule has 0 unspecified atom stereocenters. The Morgan fingerprint density at radius 2 is 1.54 bits per heavy atom. The molecule has 0 amide bonds. The Kier molecular flexibility index (Phi) is 6.81. The monoisotopic (exact) mass is 348 g/mol. The zero-order valence-electron chi connectivity index (χ0n) is 14.7. The van der Waals surface area contributed by atoms with Gasteiger partial charge >= 0.3 is 0 Å². The fraction of sp³-hybridized carbons (Fsp3) is 0.500. The SMILES string of the molecule is CCCCCc1ccc2c(CCCCC)cc(S(=O)(=O)O)cc2c1. The van der Waals surface area contributed by atoms with Crippen molar-refractivity contribution in [1.29, 1.82) is 0 Å². The summed E-state index contributed by atoms with van der Waals surface area (Å²) in [4.78, 5) is 0.00667. The van der Waals surface area contributed by atoms with E-state index in [2.05, 4.69) is 32.0 Å². The second kappa shape index (κ2) is 8.63. The zero-order chi connectivity index (χ0) is 17.6. The van der Waals surface area contributed by atoms with Crippen molar-refractivity contribution in [2.45, 2.75) is 70.1 Å². The molecule has 0 atom stereocenters. The Bertz CT molecular complexity index is 779. The molecule has 0 spiro atoms. The maximum absolute atomic E-state index is 11.6. The van der Waals surface area contributed by atoms with Crippen molar-refractivity contribution in [3.63, 3.8) is 0 Å². The van der Waals surface area contributed by atoms with E-state index in [1.54, 1.807) is 12.1 Å². The summed E-state index contributed by atoms with van der Waals surface area (Å²) in [5.41, 5.74) is 2.23. The van der Waals surface area contributed by atoms with Gasteiger partial charge in [0.05, 0.1) is 4.90 Å². The zero-order valence-corrected chi connectivity index (χ0v) is 15.5. The van der Waals surface area contributed by atoms with Crippen molar-refractivity contribution in [1.82, 2.24) is 0 Å². The molecule has 132 valence electrons. The number of hydrogen-bond donors (Lipinski definition) is 1. The lowest BCUT2D eigenvalue weighted by Gasteiger charge is -2.11. The van der Waals surface area contributed by atoms with Crippen LogP contribution in [-0.2, 0) is 23.0 Å². The minimum atomic E-state index is -4.18. The Morgan fingerprint density at radius 3 is 2.17 bits per heavy atom. The molecule has 24 heavy (non-hydrogen) atoms. The number of benzene rings is 2. The number of fused-ring (bicyclic) bond motifs is 1. The van der Waals surface area contributed by atoms with Crippen LogP contribution in [-0.4, -0.2) is 13.0 Å². The van der Waals surface area contributed by atoms with E-state index in [1.165, 1.54) is 18.4 Å². The Hall–Kier alpha value is -1.39. The van der Waals surface area contributed by atoms with Gasteiger partial charge in [-0.05, 0) is 59.7 Å². The molecule has 0 saturated heterocycles. The molecule has 2 aromatic carbocycles. The lowest BCUT2D eigenvalue weighted by atomic mass is 9.97. The van der Waals surface area contributed by atoms with Gasteiger partial charge in [0, 0.05) is 0 Å². The molecular formula is C20H28O3S. The summed E-state index contributed by atoms with van der Waals surface area (Å²) in [6, 6.07) is 9.55. The Morgan fingerprint density at radius 1 is 0.875 bits per heavy atom. The first-order valence-corrected chi connectivity index (χ1v) is 10.4. The third-order valence-corrected chi connectivity index (χ3v) is 5.32. The van der Waals surface area contributed by atoms with Crippen LogP contribution in [0.5, 0.6) is 0 Å². The van der Waals surface area contributed by atoms with Gasteiger partial charge in [0.15, 0.2) is 0 Å². The molecule has 2 aromatic rings. The predicted molar refractivity (Wildman–Crippen MR) is 100 cm³/mol. The van der Waals surface area contributed by atoms with Crippen LogP contribution in [0.3, 0.4) is 0 Å². The standard InChI is InChI=1S/C20H28O3S/c1-3-5-7-9-16-11-12-20-17(10-8-6-4-2)14-19(24(21,22)23)15-18(20)13-16/h11-15H,3-10H2,1-2H3,(H,21,22,23). The summed E-state index contributed by atoms with van der Waals surface area (Å²) in [5.74, 6) is 0. The van der Waals surface area contributed by atoms with Gasteiger partial charge < -0.3 is 0 Å². The van der Waals surface area contributed by atoms with Crippen LogP contribution in [0.15, 0.2) is 35.2 Å². The van der Waals surface area contributed by atoms with E-state index in [-0.39, 0.29) is 4.90 Å². The molecule has 4 heteroatoms. The molecule has 0 aromatic heterocycles. The topological polar surface area (TPSA) is 54.4 Å². The second-order valence-corrected chi connectivity index (χ2v) is 7.95. The lowest BCUT2D eigenvalue weighted by Crippen LogP contribution is -2.00. The van der Waals surface area contributed by atoms with Gasteiger partial charge in [0.1, 0.15) is 0 Å². The number of hydrogen-bond acceptors (Lipinski definition) is 2. The smallest absolute Gasteiger partial charge is 0.282 e.